The van der Waals surface area contributed by atoms with Crippen LogP contribution in [0.1, 0.15) is 31.7 Å². The number of likely N-dealkylation sites (tertiary alicyclic amines) is 1. The maximum atomic E-state index is 12.7. The summed E-state index contributed by atoms with van der Waals surface area (Å²) >= 11 is 0. The Hall–Kier alpha value is -1.55. The van der Waals surface area contributed by atoms with Gasteiger partial charge in [0.05, 0.1) is 6.10 Å². The summed E-state index contributed by atoms with van der Waals surface area (Å²) in [6.45, 7) is 4.44. The van der Waals surface area contributed by atoms with Crippen molar-refractivity contribution >= 4 is 11.6 Å². The molecular formula is C17H24N2O2. The van der Waals surface area contributed by atoms with E-state index in [-0.39, 0.29) is 11.9 Å². The lowest BCUT2D eigenvalue weighted by molar-refractivity contribution is -0.134. The zero-order valence-electron chi connectivity index (χ0n) is 12.7. The molecule has 21 heavy (non-hydrogen) atoms. The average Bonchev–Trinajstić information content (AvgIpc) is 2.55. The molecule has 1 unspecified atom stereocenters. The SMILES string of the molecule is CCOC1CCN(C(=O)C2CCc3ccccc3N2)CC1. The Bertz CT molecular complexity index is 495. The number of piperidine rings is 1. The Morgan fingerprint density at radius 1 is 1.29 bits per heavy atom. The third kappa shape index (κ3) is 3.21. The van der Waals surface area contributed by atoms with Crippen LogP contribution < -0.4 is 5.32 Å². The molecule has 1 aromatic rings. The summed E-state index contributed by atoms with van der Waals surface area (Å²) in [4.78, 5) is 14.7. The number of benzene rings is 1. The average molecular weight is 288 g/mol. The lowest BCUT2D eigenvalue weighted by Crippen LogP contribution is -2.48. The highest BCUT2D eigenvalue weighted by atomic mass is 16.5. The van der Waals surface area contributed by atoms with E-state index in [9.17, 15) is 4.79 Å². The van der Waals surface area contributed by atoms with Gasteiger partial charge in [-0.05, 0) is 44.2 Å². The van der Waals surface area contributed by atoms with E-state index in [0.717, 1.165) is 51.1 Å². The molecule has 1 atom stereocenters. The monoisotopic (exact) mass is 288 g/mol. The van der Waals surface area contributed by atoms with E-state index in [1.54, 1.807) is 0 Å². The van der Waals surface area contributed by atoms with Crippen LogP contribution in [-0.2, 0) is 16.0 Å². The van der Waals surface area contributed by atoms with E-state index >= 15 is 0 Å². The first-order chi connectivity index (χ1) is 10.3. The normalized spacial score (nSPS) is 22.5. The van der Waals surface area contributed by atoms with Gasteiger partial charge in [-0.1, -0.05) is 18.2 Å². The third-order valence-electron chi connectivity index (χ3n) is 4.50. The van der Waals surface area contributed by atoms with E-state index in [2.05, 4.69) is 23.5 Å². The number of nitrogens with one attached hydrogen (secondary N) is 1. The molecule has 1 amide bonds. The highest BCUT2D eigenvalue weighted by Crippen LogP contribution is 2.26. The van der Waals surface area contributed by atoms with Crippen LogP contribution >= 0.6 is 0 Å². The van der Waals surface area contributed by atoms with Gasteiger partial charge in [-0.2, -0.15) is 0 Å². The number of anilines is 1. The van der Waals surface area contributed by atoms with Crippen molar-refractivity contribution in [2.45, 2.75) is 44.8 Å². The molecule has 3 rings (SSSR count). The number of fused-ring (bicyclic) bond motifs is 1. The Balaban J connectivity index is 1.57. The molecule has 0 radical (unpaired) electrons. The maximum Gasteiger partial charge on any atom is 0.245 e. The predicted molar refractivity (Wildman–Crippen MR) is 83.4 cm³/mol. The Morgan fingerprint density at radius 3 is 2.81 bits per heavy atom. The molecular weight excluding hydrogens is 264 g/mol. The zero-order chi connectivity index (χ0) is 14.7. The number of amides is 1. The molecule has 0 aromatic heterocycles. The lowest BCUT2D eigenvalue weighted by atomic mass is 9.96. The van der Waals surface area contributed by atoms with Gasteiger partial charge in [0.2, 0.25) is 5.91 Å². The van der Waals surface area contributed by atoms with Crippen molar-refractivity contribution in [3.05, 3.63) is 29.8 Å². The largest absolute Gasteiger partial charge is 0.378 e. The molecule has 0 saturated carbocycles. The van der Waals surface area contributed by atoms with Crippen molar-refractivity contribution in [3.8, 4) is 0 Å². The van der Waals surface area contributed by atoms with Gasteiger partial charge in [0, 0.05) is 25.4 Å². The van der Waals surface area contributed by atoms with Crippen LogP contribution in [0.3, 0.4) is 0 Å². The highest BCUT2D eigenvalue weighted by Gasteiger charge is 2.30. The minimum atomic E-state index is -0.0662. The van der Waals surface area contributed by atoms with Gasteiger partial charge in [0.1, 0.15) is 6.04 Å². The Morgan fingerprint density at radius 2 is 2.05 bits per heavy atom. The van der Waals surface area contributed by atoms with Crippen molar-refractivity contribution < 1.29 is 9.53 Å². The van der Waals surface area contributed by atoms with E-state index in [1.807, 2.05) is 17.9 Å². The van der Waals surface area contributed by atoms with Crippen LogP contribution in [0.5, 0.6) is 0 Å². The van der Waals surface area contributed by atoms with Crippen LogP contribution in [0.2, 0.25) is 0 Å². The quantitative estimate of drug-likeness (QED) is 0.929. The van der Waals surface area contributed by atoms with Crippen LogP contribution in [0, 0.1) is 0 Å². The van der Waals surface area contributed by atoms with Gasteiger partial charge in [-0.3, -0.25) is 4.79 Å². The lowest BCUT2D eigenvalue weighted by Gasteiger charge is -2.36. The van der Waals surface area contributed by atoms with E-state index in [1.165, 1.54) is 5.56 Å². The second-order valence-corrected chi connectivity index (χ2v) is 5.87. The smallest absolute Gasteiger partial charge is 0.245 e. The number of ether oxygens (including phenoxy) is 1. The maximum absolute atomic E-state index is 12.7. The Labute approximate surface area is 126 Å². The summed E-state index contributed by atoms with van der Waals surface area (Å²) in [5.41, 5.74) is 2.43. The minimum Gasteiger partial charge on any atom is -0.378 e. The van der Waals surface area contributed by atoms with Gasteiger partial charge in [-0.15, -0.1) is 0 Å². The van der Waals surface area contributed by atoms with Gasteiger partial charge >= 0.3 is 0 Å². The van der Waals surface area contributed by atoms with E-state index in [4.69, 9.17) is 4.74 Å². The van der Waals surface area contributed by atoms with Gasteiger partial charge in [0.25, 0.3) is 0 Å². The van der Waals surface area contributed by atoms with Crippen molar-refractivity contribution in [1.29, 1.82) is 0 Å². The van der Waals surface area contributed by atoms with Crippen molar-refractivity contribution in [2.75, 3.05) is 25.0 Å². The first-order valence-corrected chi connectivity index (χ1v) is 8.02. The fourth-order valence-corrected chi connectivity index (χ4v) is 3.32. The predicted octanol–water partition coefficient (Wildman–Crippen LogP) is 2.44. The number of carbonyl (C=O) groups is 1. The van der Waals surface area contributed by atoms with E-state index < -0.39 is 0 Å². The third-order valence-corrected chi connectivity index (χ3v) is 4.50. The number of hydrogen-bond donors (Lipinski definition) is 1. The topological polar surface area (TPSA) is 41.6 Å². The molecule has 2 aliphatic rings. The summed E-state index contributed by atoms with van der Waals surface area (Å²) < 4.78 is 5.65. The molecule has 0 spiro atoms. The molecule has 1 fully saturated rings. The van der Waals surface area contributed by atoms with Gasteiger partial charge < -0.3 is 15.0 Å². The molecule has 0 aliphatic carbocycles. The molecule has 114 valence electrons. The number of carbonyl (C=O) groups excluding carboxylic acids is 1. The zero-order valence-corrected chi connectivity index (χ0v) is 12.7. The number of hydrogen-bond acceptors (Lipinski definition) is 3. The summed E-state index contributed by atoms with van der Waals surface area (Å²) in [7, 11) is 0. The highest BCUT2D eigenvalue weighted by molar-refractivity contribution is 5.85. The summed E-state index contributed by atoms with van der Waals surface area (Å²) in [5.74, 6) is 0.249. The number of nitrogens with zero attached hydrogens (tertiary/aromatic N) is 1. The van der Waals surface area contributed by atoms with Crippen molar-refractivity contribution in [3.63, 3.8) is 0 Å². The van der Waals surface area contributed by atoms with Crippen LogP contribution in [0.15, 0.2) is 24.3 Å². The molecule has 2 aliphatic heterocycles. The fourth-order valence-electron chi connectivity index (χ4n) is 3.32. The molecule has 1 aromatic carbocycles. The Kier molecular flexibility index (Phi) is 4.44. The summed E-state index contributed by atoms with van der Waals surface area (Å²) in [6, 6.07) is 8.21. The molecule has 0 bridgehead atoms. The number of para-hydroxylation sites is 1. The van der Waals surface area contributed by atoms with Crippen LogP contribution in [0.4, 0.5) is 5.69 Å². The van der Waals surface area contributed by atoms with Crippen molar-refractivity contribution in [1.82, 2.24) is 4.90 Å². The van der Waals surface area contributed by atoms with Gasteiger partial charge in [-0.25, -0.2) is 0 Å². The van der Waals surface area contributed by atoms with Crippen LogP contribution in [0.25, 0.3) is 0 Å². The summed E-state index contributed by atoms with van der Waals surface area (Å²) in [5, 5.41) is 3.41. The van der Waals surface area contributed by atoms with Crippen LogP contribution in [-0.4, -0.2) is 42.6 Å². The summed E-state index contributed by atoms with van der Waals surface area (Å²) in [6.07, 6.45) is 4.13. The van der Waals surface area contributed by atoms with Crippen molar-refractivity contribution in [2.24, 2.45) is 0 Å². The first kappa shape index (κ1) is 14.4. The first-order valence-electron chi connectivity index (χ1n) is 8.02. The number of aryl methyl sites for hydroxylation is 1. The minimum absolute atomic E-state index is 0.0662. The molecule has 1 saturated heterocycles. The molecule has 2 heterocycles. The standard InChI is InChI=1S/C17H24N2O2/c1-2-21-14-9-11-19(12-10-14)17(20)16-8-7-13-5-3-4-6-15(13)18-16/h3-6,14,16,18H,2,7-12H2,1H3. The second kappa shape index (κ2) is 6.48. The molecule has 4 heteroatoms. The van der Waals surface area contributed by atoms with E-state index in [0.29, 0.717) is 6.10 Å². The number of rotatable bonds is 3. The fraction of sp³-hybridized carbons (Fsp3) is 0.588. The van der Waals surface area contributed by atoms with Gasteiger partial charge in [0.15, 0.2) is 0 Å². The molecule has 4 nitrogen and oxygen atoms in total. The second-order valence-electron chi connectivity index (χ2n) is 5.87. The molecule has 1 N–H and O–H groups in total.